The van der Waals surface area contributed by atoms with Crippen molar-refractivity contribution in [2.75, 3.05) is 18.6 Å². The maximum absolute atomic E-state index is 5.56. The summed E-state index contributed by atoms with van der Waals surface area (Å²) in [5.41, 5.74) is 2.49. The number of nitrogens with one attached hydrogen (secondary N) is 1. The first-order valence-corrected chi connectivity index (χ1v) is 4.90. The molecule has 3 N–H and O–H groups in total. The van der Waals surface area contributed by atoms with E-state index in [1.165, 1.54) is 0 Å². The van der Waals surface area contributed by atoms with Gasteiger partial charge in [-0.15, -0.1) is 0 Å². The zero-order valence-corrected chi connectivity index (χ0v) is 8.56. The Morgan fingerprint density at radius 1 is 1.60 bits per heavy atom. The Morgan fingerprint density at radius 3 is 2.93 bits per heavy atom. The minimum absolute atomic E-state index is 0.107. The molecule has 0 saturated carbocycles. The fourth-order valence-electron chi connectivity index (χ4n) is 1.22. The summed E-state index contributed by atoms with van der Waals surface area (Å²) >= 11 is 0. The van der Waals surface area contributed by atoms with Gasteiger partial charge in [0.25, 0.3) is 0 Å². The summed E-state index contributed by atoms with van der Waals surface area (Å²) < 4.78 is 10.6. The van der Waals surface area contributed by atoms with E-state index in [0.717, 1.165) is 6.42 Å². The summed E-state index contributed by atoms with van der Waals surface area (Å²) in [7, 11) is 0. The molecule has 2 heterocycles. The smallest absolute Gasteiger partial charge is 0.219 e. The molecular weight excluding hydrogens is 196 g/mol. The fourth-order valence-corrected chi connectivity index (χ4v) is 1.22. The molecule has 1 saturated heterocycles. The first-order chi connectivity index (χ1) is 7.31. The lowest BCUT2D eigenvalue weighted by Crippen LogP contribution is -2.38. The number of rotatable bonds is 4. The average Bonchev–Trinajstić information content (AvgIpc) is 2.23. The molecule has 2 rings (SSSR count). The van der Waals surface area contributed by atoms with E-state index in [1.807, 2.05) is 6.92 Å². The predicted molar refractivity (Wildman–Crippen MR) is 54.5 cm³/mol. The van der Waals surface area contributed by atoms with E-state index in [4.69, 9.17) is 15.3 Å². The van der Waals surface area contributed by atoms with Crippen molar-refractivity contribution in [2.45, 2.75) is 19.4 Å². The van der Waals surface area contributed by atoms with E-state index in [-0.39, 0.29) is 6.10 Å². The number of aromatic nitrogens is 2. The van der Waals surface area contributed by atoms with Crippen LogP contribution in [0.15, 0.2) is 6.07 Å². The van der Waals surface area contributed by atoms with Gasteiger partial charge in [-0.1, -0.05) is 6.92 Å². The van der Waals surface area contributed by atoms with Crippen LogP contribution >= 0.6 is 0 Å². The zero-order chi connectivity index (χ0) is 10.7. The van der Waals surface area contributed by atoms with Crippen molar-refractivity contribution in [3.05, 3.63) is 11.9 Å². The van der Waals surface area contributed by atoms with Gasteiger partial charge in [0.1, 0.15) is 17.7 Å². The number of nitrogens with zero attached hydrogens (tertiary/aromatic N) is 2. The van der Waals surface area contributed by atoms with Crippen molar-refractivity contribution in [2.24, 2.45) is 5.84 Å². The van der Waals surface area contributed by atoms with Crippen molar-refractivity contribution < 1.29 is 9.47 Å². The first kappa shape index (κ1) is 10.1. The van der Waals surface area contributed by atoms with Gasteiger partial charge < -0.3 is 14.9 Å². The molecule has 6 nitrogen and oxygen atoms in total. The van der Waals surface area contributed by atoms with E-state index >= 15 is 0 Å². The maximum Gasteiger partial charge on any atom is 0.219 e. The lowest BCUT2D eigenvalue weighted by molar-refractivity contribution is -0.0814. The van der Waals surface area contributed by atoms with E-state index in [2.05, 4.69) is 15.4 Å². The van der Waals surface area contributed by atoms with Crippen LogP contribution in [0, 0.1) is 0 Å². The molecule has 0 amide bonds. The van der Waals surface area contributed by atoms with Gasteiger partial charge in [-0.25, -0.2) is 10.8 Å². The van der Waals surface area contributed by atoms with Crippen molar-refractivity contribution in [3.8, 4) is 5.88 Å². The van der Waals surface area contributed by atoms with Crippen LogP contribution in [0.1, 0.15) is 12.7 Å². The van der Waals surface area contributed by atoms with Crippen LogP contribution in [0.5, 0.6) is 5.88 Å². The van der Waals surface area contributed by atoms with Gasteiger partial charge in [0.2, 0.25) is 5.88 Å². The van der Waals surface area contributed by atoms with Gasteiger partial charge in [-0.05, 0) is 0 Å². The maximum atomic E-state index is 5.56. The second-order valence-electron chi connectivity index (χ2n) is 3.28. The third kappa shape index (κ3) is 2.34. The third-order valence-corrected chi connectivity index (χ3v) is 2.11. The number of hydrazine groups is 1. The summed E-state index contributed by atoms with van der Waals surface area (Å²) in [4.78, 5) is 8.40. The second-order valence-corrected chi connectivity index (χ2v) is 3.28. The summed E-state index contributed by atoms with van der Waals surface area (Å²) in [5, 5.41) is 0. The number of nitrogen functional groups attached to an aromatic ring is 1. The summed E-state index contributed by atoms with van der Waals surface area (Å²) in [6, 6.07) is 1.68. The molecule has 0 aliphatic carbocycles. The molecule has 0 spiro atoms. The largest absolute Gasteiger partial charge is 0.469 e. The van der Waals surface area contributed by atoms with Crippen LogP contribution in [0.4, 0.5) is 5.82 Å². The lowest BCUT2D eigenvalue weighted by Gasteiger charge is -2.26. The average molecular weight is 210 g/mol. The number of nitrogens with two attached hydrogens (primary N) is 1. The summed E-state index contributed by atoms with van der Waals surface area (Å²) in [6.45, 7) is 3.22. The molecule has 1 aromatic heterocycles. The van der Waals surface area contributed by atoms with Crippen molar-refractivity contribution >= 4 is 5.82 Å². The molecule has 15 heavy (non-hydrogen) atoms. The number of aryl methyl sites for hydroxylation is 1. The van der Waals surface area contributed by atoms with Crippen LogP contribution in [-0.4, -0.2) is 29.3 Å². The Hall–Kier alpha value is -1.40. The lowest BCUT2D eigenvalue weighted by atomic mass is 10.3. The van der Waals surface area contributed by atoms with Gasteiger partial charge in [0, 0.05) is 12.5 Å². The van der Waals surface area contributed by atoms with Gasteiger partial charge in [-0.2, -0.15) is 4.98 Å². The van der Waals surface area contributed by atoms with Crippen LogP contribution < -0.4 is 16.0 Å². The summed E-state index contributed by atoms with van der Waals surface area (Å²) in [5.74, 6) is 7.12. The van der Waals surface area contributed by atoms with Crippen LogP contribution in [0.3, 0.4) is 0 Å². The van der Waals surface area contributed by atoms with E-state index in [9.17, 15) is 0 Å². The molecule has 0 aromatic carbocycles. The van der Waals surface area contributed by atoms with Crippen LogP contribution in [0.2, 0.25) is 0 Å². The molecule has 1 aromatic rings. The number of ether oxygens (including phenoxy) is 2. The molecule has 82 valence electrons. The Kier molecular flexibility index (Phi) is 2.98. The van der Waals surface area contributed by atoms with E-state index in [1.54, 1.807) is 6.07 Å². The molecule has 0 radical (unpaired) electrons. The van der Waals surface area contributed by atoms with Crippen molar-refractivity contribution in [1.29, 1.82) is 0 Å². The van der Waals surface area contributed by atoms with Crippen molar-refractivity contribution in [1.82, 2.24) is 9.97 Å². The quantitative estimate of drug-likeness (QED) is 0.542. The Labute approximate surface area is 87.8 Å². The highest BCUT2D eigenvalue weighted by molar-refractivity contribution is 5.37. The molecule has 0 atom stereocenters. The molecule has 1 aliphatic heterocycles. The fraction of sp³-hybridized carbons (Fsp3) is 0.556. The minimum Gasteiger partial charge on any atom is -0.469 e. The van der Waals surface area contributed by atoms with Gasteiger partial charge in [-0.3, -0.25) is 0 Å². The van der Waals surface area contributed by atoms with E-state index in [0.29, 0.717) is 30.7 Å². The first-order valence-electron chi connectivity index (χ1n) is 4.90. The van der Waals surface area contributed by atoms with Gasteiger partial charge in [0.05, 0.1) is 13.2 Å². The third-order valence-electron chi connectivity index (χ3n) is 2.11. The molecule has 0 unspecified atom stereocenters. The topological polar surface area (TPSA) is 82.3 Å². The second kappa shape index (κ2) is 4.41. The van der Waals surface area contributed by atoms with Crippen LogP contribution in [-0.2, 0) is 11.2 Å². The molecule has 1 aliphatic rings. The highest BCUT2D eigenvalue weighted by Crippen LogP contribution is 2.17. The Morgan fingerprint density at radius 2 is 2.40 bits per heavy atom. The normalized spacial score (nSPS) is 15.9. The Bertz CT molecular complexity index is 319. The number of hydrogen-bond acceptors (Lipinski definition) is 6. The van der Waals surface area contributed by atoms with Gasteiger partial charge >= 0.3 is 0 Å². The molecule has 0 bridgehead atoms. The van der Waals surface area contributed by atoms with Crippen molar-refractivity contribution in [3.63, 3.8) is 0 Å². The molecule has 6 heteroatoms. The van der Waals surface area contributed by atoms with Crippen LogP contribution in [0.25, 0.3) is 0 Å². The zero-order valence-electron chi connectivity index (χ0n) is 8.56. The summed E-state index contributed by atoms with van der Waals surface area (Å²) in [6.07, 6.45) is 0.850. The standard InChI is InChI=1S/C9H14N4O2/c1-2-7-11-8(13-10)3-9(12-7)15-6-4-14-5-6/h3,6H,2,4-5,10H2,1H3,(H,11,12,13). The monoisotopic (exact) mass is 210 g/mol. The SMILES string of the molecule is CCc1nc(NN)cc(OC2COC2)n1. The highest BCUT2D eigenvalue weighted by Gasteiger charge is 2.21. The molecular formula is C9H14N4O2. The van der Waals surface area contributed by atoms with E-state index < -0.39 is 0 Å². The number of hydrogen-bond donors (Lipinski definition) is 2. The molecule has 1 fully saturated rings. The Balaban J connectivity index is 2.13. The minimum atomic E-state index is 0.107. The number of anilines is 1. The highest BCUT2D eigenvalue weighted by atomic mass is 16.6. The predicted octanol–water partition coefficient (Wildman–Crippen LogP) is 0.102. The van der Waals surface area contributed by atoms with Gasteiger partial charge in [0.15, 0.2) is 0 Å².